The monoisotopic (exact) mass is 374 g/mol. The van der Waals surface area contributed by atoms with Gasteiger partial charge in [0.1, 0.15) is 5.69 Å². The molecule has 3 aromatic rings. The smallest absolute Gasteiger partial charge is 0.270 e. The Morgan fingerprint density at radius 1 is 1.04 bits per heavy atom. The summed E-state index contributed by atoms with van der Waals surface area (Å²) >= 11 is 0. The molecule has 1 unspecified atom stereocenters. The molecule has 5 heteroatoms. The lowest BCUT2D eigenvalue weighted by Crippen LogP contribution is -2.33. The van der Waals surface area contributed by atoms with Gasteiger partial charge < -0.3 is 10.2 Å². The Bertz CT molecular complexity index is 912. The average Bonchev–Trinajstić information content (AvgIpc) is 2.72. The topological polar surface area (TPSA) is 58.1 Å². The van der Waals surface area contributed by atoms with Crippen LogP contribution in [0.1, 0.15) is 42.0 Å². The van der Waals surface area contributed by atoms with Crippen LogP contribution in [0.5, 0.6) is 0 Å². The van der Waals surface area contributed by atoms with Crippen LogP contribution in [0.3, 0.4) is 0 Å². The van der Waals surface area contributed by atoms with Crippen molar-refractivity contribution in [2.45, 2.75) is 39.8 Å². The molecule has 0 aliphatic heterocycles. The van der Waals surface area contributed by atoms with Crippen LogP contribution in [0.4, 0.5) is 11.6 Å². The number of nitrogens with one attached hydrogen (secondary N) is 1. The van der Waals surface area contributed by atoms with Gasteiger partial charge in [-0.25, -0.2) is 9.97 Å². The third-order valence-electron chi connectivity index (χ3n) is 4.56. The molecule has 0 saturated carbocycles. The summed E-state index contributed by atoms with van der Waals surface area (Å²) < 4.78 is 0. The van der Waals surface area contributed by atoms with Crippen molar-refractivity contribution in [1.82, 2.24) is 15.3 Å². The van der Waals surface area contributed by atoms with Crippen molar-refractivity contribution >= 4 is 17.5 Å². The average molecular weight is 374 g/mol. The van der Waals surface area contributed by atoms with Gasteiger partial charge in [-0.2, -0.15) is 0 Å². The minimum atomic E-state index is -0.172. The fourth-order valence-electron chi connectivity index (χ4n) is 2.84. The lowest BCUT2D eigenvalue weighted by Gasteiger charge is -2.24. The van der Waals surface area contributed by atoms with Gasteiger partial charge in [-0.3, -0.25) is 4.79 Å². The number of para-hydroxylation sites is 1. The lowest BCUT2D eigenvalue weighted by molar-refractivity contribution is 0.0934. The number of aromatic nitrogens is 2. The molecule has 1 atom stereocenters. The molecule has 0 aliphatic carbocycles. The highest BCUT2D eigenvalue weighted by atomic mass is 16.1. The zero-order valence-electron chi connectivity index (χ0n) is 16.6. The number of rotatable bonds is 7. The molecule has 0 fully saturated rings. The van der Waals surface area contributed by atoms with E-state index in [0.29, 0.717) is 18.2 Å². The van der Waals surface area contributed by atoms with Crippen molar-refractivity contribution in [2.75, 3.05) is 4.90 Å². The van der Waals surface area contributed by atoms with E-state index < -0.39 is 0 Å². The Morgan fingerprint density at radius 3 is 2.32 bits per heavy atom. The molecule has 0 saturated heterocycles. The summed E-state index contributed by atoms with van der Waals surface area (Å²) in [4.78, 5) is 23.9. The zero-order chi connectivity index (χ0) is 19.9. The summed E-state index contributed by atoms with van der Waals surface area (Å²) in [6, 6.07) is 22.0. The largest absolute Gasteiger partial charge is 0.348 e. The van der Waals surface area contributed by atoms with E-state index in [4.69, 9.17) is 0 Å². The van der Waals surface area contributed by atoms with Crippen molar-refractivity contribution in [3.05, 3.63) is 83.7 Å². The predicted octanol–water partition coefficient (Wildman–Crippen LogP) is 4.65. The molecule has 2 aromatic carbocycles. The Labute approximate surface area is 166 Å². The van der Waals surface area contributed by atoms with E-state index in [2.05, 4.69) is 27.4 Å². The van der Waals surface area contributed by atoms with Crippen molar-refractivity contribution in [2.24, 2.45) is 0 Å². The number of carbonyl (C=O) groups excluding carboxylic acids is 1. The Hall–Kier alpha value is -3.21. The number of carbonyl (C=O) groups is 1. The number of hydrogen-bond acceptors (Lipinski definition) is 4. The van der Waals surface area contributed by atoms with Gasteiger partial charge in [0, 0.05) is 17.4 Å². The molecule has 0 spiro atoms. The summed E-state index contributed by atoms with van der Waals surface area (Å²) in [5.74, 6) is 0.346. The molecule has 0 radical (unpaired) electrons. The minimum absolute atomic E-state index is 0.0979. The highest BCUT2D eigenvalue weighted by molar-refractivity contribution is 5.92. The van der Waals surface area contributed by atoms with E-state index in [1.54, 1.807) is 6.07 Å². The molecule has 144 valence electrons. The molecule has 3 rings (SSSR count). The summed E-state index contributed by atoms with van der Waals surface area (Å²) in [6.45, 7) is 6.52. The van der Waals surface area contributed by atoms with E-state index in [0.717, 1.165) is 23.4 Å². The second-order valence-electron chi connectivity index (χ2n) is 6.88. The van der Waals surface area contributed by atoms with Gasteiger partial charge in [0.25, 0.3) is 5.91 Å². The molecule has 1 N–H and O–H groups in total. The fraction of sp³-hybridized carbons (Fsp3) is 0.261. The number of amides is 1. The van der Waals surface area contributed by atoms with E-state index in [-0.39, 0.29) is 11.9 Å². The van der Waals surface area contributed by atoms with E-state index in [1.165, 1.54) is 0 Å². The maximum Gasteiger partial charge on any atom is 0.270 e. The summed E-state index contributed by atoms with van der Waals surface area (Å²) in [7, 11) is 0. The van der Waals surface area contributed by atoms with Crippen LogP contribution in [0, 0.1) is 6.92 Å². The normalized spacial score (nSPS) is 11.7. The molecular weight excluding hydrogens is 348 g/mol. The Kier molecular flexibility index (Phi) is 6.37. The third kappa shape index (κ3) is 4.94. The molecule has 0 aliphatic rings. The third-order valence-corrected chi connectivity index (χ3v) is 4.56. The fourth-order valence-corrected chi connectivity index (χ4v) is 2.84. The van der Waals surface area contributed by atoms with Crippen molar-refractivity contribution in [1.29, 1.82) is 0 Å². The molecule has 0 bridgehead atoms. The number of nitrogens with zero attached hydrogens (tertiary/aromatic N) is 3. The molecule has 1 heterocycles. The van der Waals surface area contributed by atoms with E-state index in [9.17, 15) is 4.79 Å². The van der Waals surface area contributed by atoms with E-state index >= 15 is 0 Å². The summed E-state index contributed by atoms with van der Waals surface area (Å²) in [5, 5.41) is 2.98. The number of hydrogen-bond donors (Lipinski definition) is 1. The first kappa shape index (κ1) is 19.5. The number of benzene rings is 2. The standard InChI is InChI=1S/C23H26N4O/c1-4-17(2)24-22(28)21-15-18(3)25-23(26-21)27(20-13-9-6-10-14-20)16-19-11-7-5-8-12-19/h5-15,17H,4,16H2,1-3H3,(H,24,28). The first-order valence-corrected chi connectivity index (χ1v) is 9.60. The lowest BCUT2D eigenvalue weighted by atomic mass is 10.2. The first-order valence-electron chi connectivity index (χ1n) is 9.60. The number of aryl methyl sites for hydroxylation is 1. The van der Waals surface area contributed by atoms with Gasteiger partial charge in [0.2, 0.25) is 5.95 Å². The van der Waals surface area contributed by atoms with Gasteiger partial charge in [0.05, 0.1) is 6.54 Å². The molecule has 5 nitrogen and oxygen atoms in total. The van der Waals surface area contributed by atoms with Crippen LogP contribution in [-0.2, 0) is 6.54 Å². The maximum absolute atomic E-state index is 12.6. The van der Waals surface area contributed by atoms with Crippen LogP contribution < -0.4 is 10.2 Å². The summed E-state index contributed by atoms with van der Waals surface area (Å²) in [6.07, 6.45) is 0.868. The predicted molar refractivity (Wildman–Crippen MR) is 113 cm³/mol. The van der Waals surface area contributed by atoms with Crippen LogP contribution in [0.15, 0.2) is 66.7 Å². The SMILES string of the molecule is CCC(C)NC(=O)c1cc(C)nc(N(Cc2ccccc2)c2ccccc2)n1. The van der Waals surface area contributed by atoms with Crippen LogP contribution in [-0.4, -0.2) is 21.9 Å². The summed E-state index contributed by atoms with van der Waals surface area (Å²) in [5.41, 5.74) is 3.26. The maximum atomic E-state index is 12.6. The van der Waals surface area contributed by atoms with Gasteiger partial charge >= 0.3 is 0 Å². The minimum Gasteiger partial charge on any atom is -0.348 e. The van der Waals surface area contributed by atoms with E-state index in [1.807, 2.05) is 74.2 Å². The van der Waals surface area contributed by atoms with Crippen molar-refractivity contribution in [3.63, 3.8) is 0 Å². The van der Waals surface area contributed by atoms with Gasteiger partial charge in [-0.05, 0) is 44.0 Å². The van der Waals surface area contributed by atoms with Gasteiger partial charge in [0.15, 0.2) is 0 Å². The van der Waals surface area contributed by atoms with Crippen LogP contribution >= 0.6 is 0 Å². The number of anilines is 2. The van der Waals surface area contributed by atoms with Crippen molar-refractivity contribution < 1.29 is 4.79 Å². The molecule has 1 aromatic heterocycles. The second kappa shape index (κ2) is 9.13. The van der Waals surface area contributed by atoms with Crippen LogP contribution in [0.2, 0.25) is 0 Å². The zero-order valence-corrected chi connectivity index (χ0v) is 16.6. The van der Waals surface area contributed by atoms with Crippen molar-refractivity contribution in [3.8, 4) is 0 Å². The second-order valence-corrected chi connectivity index (χ2v) is 6.88. The highest BCUT2D eigenvalue weighted by Crippen LogP contribution is 2.25. The van der Waals surface area contributed by atoms with Gasteiger partial charge in [-0.1, -0.05) is 55.5 Å². The quantitative estimate of drug-likeness (QED) is 0.654. The molecular formula is C23H26N4O. The first-order chi connectivity index (χ1) is 13.6. The molecule has 28 heavy (non-hydrogen) atoms. The highest BCUT2D eigenvalue weighted by Gasteiger charge is 2.18. The Balaban J connectivity index is 1.99. The Morgan fingerprint density at radius 2 is 1.68 bits per heavy atom. The molecule has 1 amide bonds. The van der Waals surface area contributed by atoms with Gasteiger partial charge in [-0.15, -0.1) is 0 Å². The van der Waals surface area contributed by atoms with Crippen LogP contribution in [0.25, 0.3) is 0 Å².